The Labute approximate surface area is 165 Å². The molecular formula is C22H26N2O4. The fourth-order valence-electron chi connectivity index (χ4n) is 3.28. The van der Waals surface area contributed by atoms with Gasteiger partial charge in [0.05, 0.1) is 19.1 Å². The molecule has 0 radical (unpaired) electrons. The van der Waals surface area contributed by atoms with Crippen molar-refractivity contribution in [1.29, 1.82) is 0 Å². The third-order valence-corrected chi connectivity index (χ3v) is 4.61. The molecule has 1 aliphatic rings. The van der Waals surface area contributed by atoms with Gasteiger partial charge in [-0.25, -0.2) is 0 Å². The van der Waals surface area contributed by atoms with Crippen LogP contribution in [0.4, 0.5) is 5.69 Å². The van der Waals surface area contributed by atoms with Crippen LogP contribution >= 0.6 is 0 Å². The highest BCUT2D eigenvalue weighted by Gasteiger charge is 2.34. The SMILES string of the molecule is CCOc1ccc(NC(=O)[C@H]2CC(=O)N(Cc3ccccc3)C2)cc1OCC. The lowest BCUT2D eigenvalue weighted by Crippen LogP contribution is -2.28. The average molecular weight is 382 g/mol. The summed E-state index contributed by atoms with van der Waals surface area (Å²) in [6.07, 6.45) is 0.230. The van der Waals surface area contributed by atoms with Crippen molar-refractivity contribution in [1.82, 2.24) is 4.90 Å². The van der Waals surface area contributed by atoms with E-state index in [4.69, 9.17) is 9.47 Å². The summed E-state index contributed by atoms with van der Waals surface area (Å²) >= 11 is 0. The minimum Gasteiger partial charge on any atom is -0.490 e. The summed E-state index contributed by atoms with van der Waals surface area (Å²) in [6.45, 7) is 5.79. The number of rotatable bonds is 8. The third-order valence-electron chi connectivity index (χ3n) is 4.61. The Kier molecular flexibility index (Phi) is 6.53. The maximum Gasteiger partial charge on any atom is 0.229 e. The molecule has 2 aromatic carbocycles. The number of nitrogens with zero attached hydrogens (tertiary/aromatic N) is 1. The summed E-state index contributed by atoms with van der Waals surface area (Å²) in [5.74, 6) is 0.724. The molecule has 0 unspecified atom stereocenters. The second-order valence-corrected chi connectivity index (χ2v) is 6.68. The van der Waals surface area contributed by atoms with Gasteiger partial charge in [-0.3, -0.25) is 9.59 Å². The number of benzene rings is 2. The van der Waals surface area contributed by atoms with Crippen molar-refractivity contribution in [2.24, 2.45) is 5.92 Å². The van der Waals surface area contributed by atoms with E-state index in [0.29, 0.717) is 43.5 Å². The second kappa shape index (κ2) is 9.26. The van der Waals surface area contributed by atoms with Crippen LogP contribution < -0.4 is 14.8 Å². The molecular weight excluding hydrogens is 356 g/mol. The standard InChI is InChI=1S/C22H26N2O4/c1-3-27-19-11-10-18(13-20(19)28-4-2)23-22(26)17-12-21(25)24(15-17)14-16-8-6-5-7-9-16/h5-11,13,17H,3-4,12,14-15H2,1-2H3,(H,23,26)/t17-/m0/s1. The number of hydrogen-bond acceptors (Lipinski definition) is 4. The molecule has 1 atom stereocenters. The van der Waals surface area contributed by atoms with Crippen molar-refractivity contribution in [2.75, 3.05) is 25.1 Å². The van der Waals surface area contributed by atoms with E-state index in [9.17, 15) is 9.59 Å². The Morgan fingerprint density at radius 1 is 1.07 bits per heavy atom. The van der Waals surface area contributed by atoms with Gasteiger partial charge in [-0.1, -0.05) is 30.3 Å². The molecule has 0 aliphatic carbocycles. The zero-order valence-corrected chi connectivity index (χ0v) is 16.3. The Balaban J connectivity index is 1.63. The van der Waals surface area contributed by atoms with Crippen LogP contribution in [0.5, 0.6) is 11.5 Å². The van der Waals surface area contributed by atoms with E-state index in [2.05, 4.69) is 5.32 Å². The fourth-order valence-corrected chi connectivity index (χ4v) is 3.28. The van der Waals surface area contributed by atoms with Gasteiger partial charge in [0.25, 0.3) is 0 Å². The van der Waals surface area contributed by atoms with Crippen LogP contribution in [0, 0.1) is 5.92 Å². The summed E-state index contributed by atoms with van der Waals surface area (Å²) in [4.78, 5) is 26.7. The van der Waals surface area contributed by atoms with Gasteiger partial charge in [-0.15, -0.1) is 0 Å². The van der Waals surface area contributed by atoms with Gasteiger partial charge in [-0.05, 0) is 31.5 Å². The number of ether oxygens (including phenoxy) is 2. The molecule has 1 fully saturated rings. The first-order valence-electron chi connectivity index (χ1n) is 9.63. The van der Waals surface area contributed by atoms with E-state index in [1.165, 1.54) is 0 Å². The Morgan fingerprint density at radius 3 is 2.50 bits per heavy atom. The number of carbonyl (C=O) groups is 2. The number of carbonyl (C=O) groups excluding carboxylic acids is 2. The molecule has 0 bridgehead atoms. The van der Waals surface area contributed by atoms with Gasteiger partial charge in [-0.2, -0.15) is 0 Å². The lowest BCUT2D eigenvalue weighted by Gasteiger charge is -2.17. The van der Waals surface area contributed by atoms with E-state index in [1.807, 2.05) is 44.2 Å². The first kappa shape index (κ1) is 19.7. The predicted molar refractivity (Wildman–Crippen MR) is 107 cm³/mol. The lowest BCUT2D eigenvalue weighted by molar-refractivity contribution is -0.128. The molecule has 1 heterocycles. The van der Waals surface area contributed by atoms with E-state index in [-0.39, 0.29) is 24.2 Å². The minimum atomic E-state index is -0.363. The quantitative estimate of drug-likeness (QED) is 0.759. The van der Waals surface area contributed by atoms with E-state index in [1.54, 1.807) is 23.1 Å². The number of nitrogens with one attached hydrogen (secondary N) is 1. The normalized spacial score (nSPS) is 16.1. The molecule has 1 aliphatic heterocycles. The number of likely N-dealkylation sites (tertiary alicyclic amines) is 1. The summed E-state index contributed by atoms with van der Waals surface area (Å²) < 4.78 is 11.1. The summed E-state index contributed by atoms with van der Waals surface area (Å²) in [5.41, 5.74) is 1.69. The van der Waals surface area contributed by atoms with Crippen molar-refractivity contribution in [3.05, 3.63) is 54.1 Å². The second-order valence-electron chi connectivity index (χ2n) is 6.68. The van der Waals surface area contributed by atoms with Crippen LogP contribution in [0.2, 0.25) is 0 Å². The van der Waals surface area contributed by atoms with Crippen LogP contribution in [0.25, 0.3) is 0 Å². The highest BCUT2D eigenvalue weighted by atomic mass is 16.5. The maximum atomic E-state index is 12.7. The Hall–Kier alpha value is -3.02. The van der Waals surface area contributed by atoms with Gasteiger partial charge in [0.1, 0.15) is 0 Å². The Bertz CT molecular complexity index is 823. The molecule has 2 amide bonds. The molecule has 28 heavy (non-hydrogen) atoms. The van der Waals surface area contributed by atoms with Crippen molar-refractivity contribution < 1.29 is 19.1 Å². The van der Waals surface area contributed by atoms with Gasteiger partial charge in [0.15, 0.2) is 11.5 Å². The van der Waals surface area contributed by atoms with Crippen molar-refractivity contribution in [3.63, 3.8) is 0 Å². The fraction of sp³-hybridized carbons (Fsp3) is 0.364. The highest BCUT2D eigenvalue weighted by molar-refractivity contribution is 5.97. The molecule has 6 nitrogen and oxygen atoms in total. The Morgan fingerprint density at radius 2 is 1.79 bits per heavy atom. The largest absolute Gasteiger partial charge is 0.490 e. The van der Waals surface area contributed by atoms with Gasteiger partial charge < -0.3 is 19.7 Å². The summed E-state index contributed by atoms with van der Waals surface area (Å²) in [6, 6.07) is 15.1. The molecule has 2 aromatic rings. The molecule has 1 saturated heterocycles. The summed E-state index contributed by atoms with van der Waals surface area (Å²) in [5, 5.41) is 2.90. The first-order chi connectivity index (χ1) is 13.6. The van der Waals surface area contributed by atoms with Gasteiger partial charge in [0, 0.05) is 31.3 Å². The highest BCUT2D eigenvalue weighted by Crippen LogP contribution is 2.31. The molecule has 0 saturated carbocycles. The monoisotopic (exact) mass is 382 g/mol. The van der Waals surface area contributed by atoms with Gasteiger partial charge >= 0.3 is 0 Å². The van der Waals surface area contributed by atoms with Crippen LogP contribution in [0.15, 0.2) is 48.5 Å². The zero-order valence-electron chi connectivity index (χ0n) is 16.3. The molecule has 3 rings (SSSR count). The predicted octanol–water partition coefficient (Wildman–Crippen LogP) is 3.47. The smallest absolute Gasteiger partial charge is 0.229 e. The topological polar surface area (TPSA) is 67.9 Å². The number of anilines is 1. The van der Waals surface area contributed by atoms with Crippen LogP contribution in [-0.2, 0) is 16.1 Å². The van der Waals surface area contributed by atoms with Crippen LogP contribution in [0.3, 0.4) is 0 Å². The zero-order chi connectivity index (χ0) is 19.9. The average Bonchev–Trinajstić information content (AvgIpc) is 3.06. The maximum absolute atomic E-state index is 12.7. The molecule has 0 spiro atoms. The van der Waals surface area contributed by atoms with Crippen molar-refractivity contribution in [3.8, 4) is 11.5 Å². The van der Waals surface area contributed by atoms with E-state index in [0.717, 1.165) is 5.56 Å². The first-order valence-corrected chi connectivity index (χ1v) is 9.63. The lowest BCUT2D eigenvalue weighted by atomic mass is 10.1. The van der Waals surface area contributed by atoms with Crippen molar-refractivity contribution in [2.45, 2.75) is 26.8 Å². The van der Waals surface area contributed by atoms with Crippen LogP contribution in [-0.4, -0.2) is 36.5 Å². The van der Waals surface area contributed by atoms with E-state index >= 15 is 0 Å². The van der Waals surface area contributed by atoms with E-state index < -0.39 is 0 Å². The minimum absolute atomic E-state index is 0.00528. The molecule has 0 aromatic heterocycles. The number of hydrogen-bond donors (Lipinski definition) is 1. The third kappa shape index (κ3) is 4.82. The molecule has 1 N–H and O–H groups in total. The summed E-state index contributed by atoms with van der Waals surface area (Å²) in [7, 11) is 0. The number of amides is 2. The molecule has 148 valence electrons. The van der Waals surface area contributed by atoms with Crippen LogP contribution in [0.1, 0.15) is 25.8 Å². The van der Waals surface area contributed by atoms with Crippen molar-refractivity contribution >= 4 is 17.5 Å². The molecule has 6 heteroatoms. The van der Waals surface area contributed by atoms with Gasteiger partial charge in [0.2, 0.25) is 11.8 Å².